The van der Waals surface area contributed by atoms with Crippen LogP contribution in [0.25, 0.3) is 10.9 Å². The predicted octanol–water partition coefficient (Wildman–Crippen LogP) is 4.83. The van der Waals surface area contributed by atoms with Crippen LogP contribution >= 0.6 is 0 Å². The molecule has 9 nitrogen and oxygen atoms in total. The summed E-state index contributed by atoms with van der Waals surface area (Å²) < 4.78 is 16.2. The van der Waals surface area contributed by atoms with Crippen molar-refractivity contribution in [3.05, 3.63) is 99.3 Å². The Morgan fingerprint density at radius 3 is 2.46 bits per heavy atom. The minimum absolute atomic E-state index is 0.00815. The van der Waals surface area contributed by atoms with E-state index in [4.69, 9.17) is 19.9 Å². The van der Waals surface area contributed by atoms with Gasteiger partial charge < -0.3 is 30.2 Å². The third kappa shape index (κ3) is 7.19. The van der Waals surface area contributed by atoms with E-state index in [9.17, 15) is 14.4 Å². The number of carbonyl (C=O) groups is 2. The summed E-state index contributed by atoms with van der Waals surface area (Å²) in [6, 6.07) is 19.9. The van der Waals surface area contributed by atoms with Gasteiger partial charge in [-0.2, -0.15) is 0 Å². The average Bonchev–Trinajstić information content (AvgIpc) is 2.98. The summed E-state index contributed by atoms with van der Waals surface area (Å²) in [4.78, 5) is 42.2. The molecule has 4 N–H and O–H groups in total. The van der Waals surface area contributed by atoms with Gasteiger partial charge in [-0.15, -0.1) is 0 Å². The van der Waals surface area contributed by atoms with Crippen molar-refractivity contribution < 1.29 is 23.8 Å². The molecule has 0 saturated carbocycles. The Labute approximate surface area is 238 Å². The van der Waals surface area contributed by atoms with Gasteiger partial charge in [0.05, 0.1) is 19.2 Å². The molecule has 4 aromatic rings. The van der Waals surface area contributed by atoms with Crippen LogP contribution in [-0.2, 0) is 4.74 Å². The molecule has 3 aromatic carbocycles. The lowest BCUT2D eigenvalue weighted by atomic mass is 9.89. The van der Waals surface area contributed by atoms with Gasteiger partial charge in [0.2, 0.25) is 0 Å². The van der Waals surface area contributed by atoms with Crippen LogP contribution in [0.15, 0.2) is 71.5 Å². The molecular weight excluding hydrogens is 522 g/mol. The number of amides is 1. The Morgan fingerprint density at radius 1 is 0.976 bits per heavy atom. The Balaban J connectivity index is 1.57. The van der Waals surface area contributed by atoms with E-state index >= 15 is 0 Å². The summed E-state index contributed by atoms with van der Waals surface area (Å²) in [5.74, 6) is 0.247. The molecule has 1 heterocycles. The van der Waals surface area contributed by atoms with Crippen molar-refractivity contribution in [2.24, 2.45) is 5.73 Å². The highest BCUT2D eigenvalue weighted by Crippen LogP contribution is 2.32. The lowest BCUT2D eigenvalue weighted by molar-refractivity contribution is 0.0970. The summed E-state index contributed by atoms with van der Waals surface area (Å²) in [6.07, 6.45) is 0.973. The van der Waals surface area contributed by atoms with Crippen LogP contribution in [0.1, 0.15) is 50.6 Å². The maximum Gasteiger partial charge on any atom is 0.261 e. The number of H-pyrrole nitrogens is 1. The number of anilines is 1. The zero-order valence-electron chi connectivity index (χ0n) is 23.5. The fourth-order valence-corrected chi connectivity index (χ4v) is 4.66. The number of aryl methyl sites for hydroxylation is 1. The van der Waals surface area contributed by atoms with Gasteiger partial charge in [0, 0.05) is 36.2 Å². The van der Waals surface area contributed by atoms with Crippen LogP contribution in [-0.4, -0.2) is 50.7 Å². The first-order valence-corrected chi connectivity index (χ1v) is 13.4. The first-order chi connectivity index (χ1) is 19.8. The normalized spacial score (nSPS) is 11.7. The van der Waals surface area contributed by atoms with Crippen molar-refractivity contribution >= 4 is 28.3 Å². The summed E-state index contributed by atoms with van der Waals surface area (Å²) in [6.45, 7) is 2.99. The average molecular weight is 558 g/mol. The van der Waals surface area contributed by atoms with Crippen LogP contribution in [0.2, 0.25) is 0 Å². The number of hydrogen-bond acceptors (Lipinski definition) is 7. The molecule has 41 heavy (non-hydrogen) atoms. The molecule has 0 fully saturated rings. The molecule has 1 aromatic heterocycles. The number of Topliss-reactive ketones (excluding diaryl/α,β-unsaturated/α-hetero) is 1. The number of hydrogen-bond donors (Lipinski definition) is 3. The molecule has 214 valence electrons. The monoisotopic (exact) mass is 557 g/mol. The van der Waals surface area contributed by atoms with Crippen LogP contribution in [0.5, 0.6) is 11.5 Å². The van der Waals surface area contributed by atoms with E-state index < -0.39 is 11.5 Å². The molecule has 0 spiro atoms. The minimum Gasteiger partial charge on any atom is -0.493 e. The van der Waals surface area contributed by atoms with Gasteiger partial charge in [0.15, 0.2) is 17.3 Å². The largest absolute Gasteiger partial charge is 0.493 e. The molecule has 0 aliphatic carbocycles. The fourth-order valence-electron chi connectivity index (χ4n) is 4.66. The van der Waals surface area contributed by atoms with Gasteiger partial charge in [0.25, 0.3) is 11.5 Å². The first kappa shape index (κ1) is 29.5. The summed E-state index contributed by atoms with van der Waals surface area (Å²) in [7, 11) is 3.08. The molecule has 9 heteroatoms. The number of pyridine rings is 1. The Bertz CT molecular complexity index is 1580. The van der Waals surface area contributed by atoms with Gasteiger partial charge in [-0.3, -0.25) is 14.4 Å². The first-order valence-electron chi connectivity index (χ1n) is 13.4. The van der Waals surface area contributed by atoms with E-state index in [1.807, 2.05) is 37.3 Å². The van der Waals surface area contributed by atoms with Crippen LogP contribution in [0, 0.1) is 6.92 Å². The predicted molar refractivity (Wildman–Crippen MR) is 159 cm³/mol. The van der Waals surface area contributed by atoms with Gasteiger partial charge in [-0.05, 0) is 55.1 Å². The summed E-state index contributed by atoms with van der Waals surface area (Å²) in [5.41, 5.74) is 8.44. The Kier molecular flexibility index (Phi) is 9.89. The van der Waals surface area contributed by atoms with Crippen molar-refractivity contribution in [1.82, 2.24) is 4.98 Å². The fraction of sp³-hybridized carbons (Fsp3) is 0.281. The van der Waals surface area contributed by atoms with E-state index in [0.717, 1.165) is 11.1 Å². The van der Waals surface area contributed by atoms with Gasteiger partial charge in [0.1, 0.15) is 12.2 Å². The smallest absolute Gasteiger partial charge is 0.261 e. The third-order valence-electron chi connectivity index (χ3n) is 6.94. The molecule has 0 radical (unpaired) electrons. The highest BCUT2D eigenvalue weighted by Gasteiger charge is 2.19. The SMILES string of the molecule is COCCOc1cc2cc(C(=O)Nc3cc(C(=O)CC(CCN)c4ccccc4)ccc3C)c(=O)[nH]c2cc1OC. The number of carbonyl (C=O) groups excluding carboxylic acids is 2. The number of nitrogens with two attached hydrogens (primary N) is 1. The Morgan fingerprint density at radius 2 is 1.76 bits per heavy atom. The van der Waals surface area contributed by atoms with Crippen molar-refractivity contribution in [2.75, 3.05) is 39.3 Å². The number of fused-ring (bicyclic) bond motifs is 1. The van der Waals surface area contributed by atoms with Crippen molar-refractivity contribution in [1.29, 1.82) is 0 Å². The number of aromatic nitrogens is 1. The standard InChI is InChI=1S/C32H35N3O6/c1-20-9-10-23(28(36)17-22(11-12-33)21-7-5-4-6-8-21)16-26(20)34-31(37)25-15-24-18-30(41-14-13-39-2)29(40-3)19-27(24)35-32(25)38/h4-10,15-16,18-19,22H,11-14,17,33H2,1-3H3,(H,34,37)(H,35,38). The van der Waals surface area contributed by atoms with E-state index in [1.54, 1.807) is 37.4 Å². The zero-order valence-corrected chi connectivity index (χ0v) is 23.5. The summed E-state index contributed by atoms with van der Waals surface area (Å²) >= 11 is 0. The van der Waals surface area contributed by atoms with E-state index in [-0.39, 0.29) is 17.3 Å². The molecule has 1 atom stereocenters. The van der Waals surface area contributed by atoms with Crippen molar-refractivity contribution in [3.8, 4) is 11.5 Å². The lowest BCUT2D eigenvalue weighted by Crippen LogP contribution is -2.23. The molecular formula is C32H35N3O6. The van der Waals surface area contributed by atoms with Crippen LogP contribution < -0.4 is 26.1 Å². The van der Waals surface area contributed by atoms with Gasteiger partial charge in [-0.1, -0.05) is 42.5 Å². The summed E-state index contributed by atoms with van der Waals surface area (Å²) in [5, 5.41) is 3.41. The third-order valence-corrected chi connectivity index (χ3v) is 6.94. The second-order valence-electron chi connectivity index (χ2n) is 9.74. The van der Waals surface area contributed by atoms with Gasteiger partial charge >= 0.3 is 0 Å². The zero-order chi connectivity index (χ0) is 29.4. The van der Waals surface area contributed by atoms with E-state index in [1.165, 1.54) is 13.2 Å². The number of nitrogens with one attached hydrogen (secondary N) is 2. The maximum atomic E-state index is 13.3. The molecule has 0 saturated heterocycles. The lowest BCUT2D eigenvalue weighted by Gasteiger charge is -2.17. The quantitative estimate of drug-likeness (QED) is 0.158. The number of benzene rings is 3. The molecule has 4 rings (SSSR count). The van der Waals surface area contributed by atoms with E-state index in [0.29, 0.717) is 66.3 Å². The second kappa shape index (κ2) is 13.7. The highest BCUT2D eigenvalue weighted by atomic mass is 16.5. The van der Waals surface area contributed by atoms with Gasteiger partial charge in [-0.25, -0.2) is 0 Å². The number of ketones is 1. The number of ether oxygens (including phenoxy) is 3. The Hall–Kier alpha value is -4.47. The topological polar surface area (TPSA) is 133 Å². The molecule has 0 aliphatic rings. The minimum atomic E-state index is -0.594. The number of aromatic amines is 1. The molecule has 1 unspecified atom stereocenters. The molecule has 0 aliphatic heterocycles. The number of methoxy groups -OCH3 is 2. The highest BCUT2D eigenvalue weighted by molar-refractivity contribution is 6.07. The van der Waals surface area contributed by atoms with Crippen molar-refractivity contribution in [2.45, 2.75) is 25.7 Å². The molecule has 0 bridgehead atoms. The van der Waals surface area contributed by atoms with E-state index in [2.05, 4.69) is 10.3 Å². The number of rotatable bonds is 13. The van der Waals surface area contributed by atoms with Crippen LogP contribution in [0.4, 0.5) is 5.69 Å². The van der Waals surface area contributed by atoms with Crippen LogP contribution in [0.3, 0.4) is 0 Å². The van der Waals surface area contributed by atoms with Crippen molar-refractivity contribution in [3.63, 3.8) is 0 Å². The molecule has 1 amide bonds. The second-order valence-corrected chi connectivity index (χ2v) is 9.74. The maximum absolute atomic E-state index is 13.3.